The Bertz CT molecular complexity index is 645. The van der Waals surface area contributed by atoms with Crippen molar-refractivity contribution in [1.82, 2.24) is 4.90 Å². The summed E-state index contributed by atoms with van der Waals surface area (Å²) in [5.74, 6) is 1.95. The Morgan fingerprint density at radius 3 is 2.44 bits per heavy atom. The first-order valence-electron chi connectivity index (χ1n) is 8.60. The van der Waals surface area contributed by atoms with E-state index in [1.54, 1.807) is 6.08 Å². The van der Waals surface area contributed by atoms with Crippen molar-refractivity contribution in [2.45, 2.75) is 12.5 Å². The molecule has 0 unspecified atom stereocenters. The molecule has 1 aliphatic rings. The number of likely N-dealkylation sites (tertiary alicyclic amines) is 1. The molecule has 3 rings (SSSR count). The highest BCUT2D eigenvalue weighted by Crippen LogP contribution is 2.32. The molecule has 0 amide bonds. The van der Waals surface area contributed by atoms with Crippen molar-refractivity contribution in [3.05, 3.63) is 78.4 Å². The molecule has 0 aliphatic carbocycles. The predicted molar refractivity (Wildman–Crippen MR) is 106 cm³/mol. The molecule has 1 saturated heterocycles. The van der Waals surface area contributed by atoms with Gasteiger partial charge in [-0.3, -0.25) is 4.90 Å². The minimum absolute atomic E-state index is 0. The zero-order chi connectivity index (χ0) is 16.8. The van der Waals surface area contributed by atoms with Crippen molar-refractivity contribution < 1.29 is 4.74 Å². The Hall–Kier alpha value is -1.81. The van der Waals surface area contributed by atoms with Gasteiger partial charge in [-0.25, -0.2) is 0 Å². The first-order valence-corrected chi connectivity index (χ1v) is 8.60. The van der Waals surface area contributed by atoms with E-state index in [0.29, 0.717) is 18.4 Å². The van der Waals surface area contributed by atoms with Gasteiger partial charge in [0.05, 0.1) is 0 Å². The van der Waals surface area contributed by atoms with Gasteiger partial charge in [0.1, 0.15) is 12.4 Å². The highest BCUT2D eigenvalue weighted by atomic mass is 35.5. The lowest BCUT2D eigenvalue weighted by atomic mass is 9.89. The van der Waals surface area contributed by atoms with Gasteiger partial charge < -0.3 is 10.5 Å². The number of halogens is 1. The number of hydrogen-bond acceptors (Lipinski definition) is 3. The third kappa shape index (κ3) is 5.08. The molecule has 0 bridgehead atoms. The van der Waals surface area contributed by atoms with E-state index < -0.39 is 0 Å². The van der Waals surface area contributed by atoms with E-state index in [1.807, 2.05) is 12.1 Å². The molecule has 1 aliphatic heterocycles. The lowest BCUT2D eigenvalue weighted by molar-refractivity contribution is 0.316. The molecular weight excluding hydrogens is 332 g/mol. The van der Waals surface area contributed by atoms with Crippen LogP contribution in [0.4, 0.5) is 0 Å². The van der Waals surface area contributed by atoms with Crippen molar-refractivity contribution >= 4 is 12.4 Å². The van der Waals surface area contributed by atoms with Crippen molar-refractivity contribution in [3.63, 3.8) is 0 Å². The maximum atomic E-state index is 6.03. The van der Waals surface area contributed by atoms with Gasteiger partial charge in [-0.1, -0.05) is 55.1 Å². The average molecular weight is 359 g/mol. The van der Waals surface area contributed by atoms with Crippen LogP contribution in [0.2, 0.25) is 0 Å². The minimum atomic E-state index is 0. The Morgan fingerprint density at radius 2 is 1.80 bits per heavy atom. The molecule has 3 nitrogen and oxygen atoms in total. The number of benzene rings is 2. The smallest absolute Gasteiger partial charge is 0.119 e. The summed E-state index contributed by atoms with van der Waals surface area (Å²) in [5, 5.41) is 0. The van der Waals surface area contributed by atoms with Crippen LogP contribution in [0.3, 0.4) is 0 Å². The molecule has 0 radical (unpaired) electrons. The Labute approximate surface area is 156 Å². The first kappa shape index (κ1) is 19.5. The van der Waals surface area contributed by atoms with Crippen molar-refractivity contribution in [2.24, 2.45) is 11.7 Å². The molecule has 4 heteroatoms. The molecule has 1 fully saturated rings. The summed E-state index contributed by atoms with van der Waals surface area (Å²) in [6.07, 6.45) is 1.76. The third-order valence-electron chi connectivity index (χ3n) is 4.74. The molecule has 2 N–H and O–H groups in total. The maximum absolute atomic E-state index is 6.03. The fourth-order valence-corrected chi connectivity index (χ4v) is 3.51. The van der Waals surface area contributed by atoms with Crippen LogP contribution in [0.25, 0.3) is 0 Å². The Morgan fingerprint density at radius 1 is 1.08 bits per heavy atom. The molecule has 0 saturated carbocycles. The van der Waals surface area contributed by atoms with E-state index in [2.05, 4.69) is 53.9 Å². The molecule has 134 valence electrons. The van der Waals surface area contributed by atoms with Gasteiger partial charge >= 0.3 is 0 Å². The van der Waals surface area contributed by atoms with Crippen LogP contribution in [0.15, 0.2) is 67.3 Å². The van der Waals surface area contributed by atoms with E-state index in [0.717, 1.165) is 31.9 Å². The zero-order valence-electron chi connectivity index (χ0n) is 14.5. The first-order chi connectivity index (χ1) is 11.8. The predicted octanol–water partition coefficient (Wildman–Crippen LogP) is 3.85. The molecule has 0 spiro atoms. The molecule has 2 aromatic carbocycles. The summed E-state index contributed by atoms with van der Waals surface area (Å²) in [5.41, 5.74) is 8.75. The van der Waals surface area contributed by atoms with Gasteiger partial charge in [0, 0.05) is 25.6 Å². The van der Waals surface area contributed by atoms with Gasteiger partial charge in [-0.15, -0.1) is 12.4 Å². The molecule has 1 heterocycles. The van der Waals surface area contributed by atoms with Gasteiger partial charge in [0.15, 0.2) is 0 Å². The molecule has 25 heavy (non-hydrogen) atoms. The summed E-state index contributed by atoms with van der Waals surface area (Å²) in [6.45, 7) is 8.04. The van der Waals surface area contributed by atoms with E-state index in [-0.39, 0.29) is 12.4 Å². The van der Waals surface area contributed by atoms with Gasteiger partial charge in [-0.05, 0) is 35.7 Å². The summed E-state index contributed by atoms with van der Waals surface area (Å²) in [7, 11) is 0. The van der Waals surface area contributed by atoms with Crippen LogP contribution in [0, 0.1) is 5.92 Å². The second-order valence-electron chi connectivity index (χ2n) is 6.45. The number of ether oxygens (including phenoxy) is 1. The summed E-state index contributed by atoms with van der Waals surface area (Å²) >= 11 is 0. The zero-order valence-corrected chi connectivity index (χ0v) is 15.3. The van der Waals surface area contributed by atoms with Crippen LogP contribution in [-0.2, 0) is 6.54 Å². The van der Waals surface area contributed by atoms with Crippen LogP contribution >= 0.6 is 12.4 Å². The lowest BCUT2D eigenvalue weighted by Gasteiger charge is -2.17. The van der Waals surface area contributed by atoms with Crippen LogP contribution in [0.5, 0.6) is 5.75 Å². The summed E-state index contributed by atoms with van der Waals surface area (Å²) in [6, 6.07) is 19.1. The average Bonchev–Trinajstić information content (AvgIpc) is 3.05. The maximum Gasteiger partial charge on any atom is 0.119 e. The highest BCUT2D eigenvalue weighted by molar-refractivity contribution is 5.85. The third-order valence-corrected chi connectivity index (χ3v) is 4.74. The highest BCUT2D eigenvalue weighted by Gasteiger charge is 2.32. The van der Waals surface area contributed by atoms with Crippen molar-refractivity contribution in [3.8, 4) is 5.75 Å². The van der Waals surface area contributed by atoms with Gasteiger partial charge in [-0.2, -0.15) is 0 Å². The fraction of sp³-hybridized carbons (Fsp3) is 0.333. The summed E-state index contributed by atoms with van der Waals surface area (Å²) < 4.78 is 5.54. The lowest BCUT2D eigenvalue weighted by Crippen LogP contribution is -2.23. The van der Waals surface area contributed by atoms with Crippen molar-refractivity contribution in [1.29, 1.82) is 0 Å². The Kier molecular flexibility index (Phi) is 7.51. The monoisotopic (exact) mass is 358 g/mol. The Balaban J connectivity index is 0.00000225. The van der Waals surface area contributed by atoms with E-state index >= 15 is 0 Å². The molecule has 2 atom stereocenters. The summed E-state index contributed by atoms with van der Waals surface area (Å²) in [4.78, 5) is 2.51. The SMILES string of the molecule is C=CCOc1ccc(CN2C[C@@H](CN)[C@H](c3ccccc3)C2)cc1.Cl. The minimum Gasteiger partial charge on any atom is -0.490 e. The normalized spacial score (nSPS) is 20.0. The van der Waals surface area contributed by atoms with E-state index in [1.165, 1.54) is 11.1 Å². The van der Waals surface area contributed by atoms with Crippen LogP contribution in [0.1, 0.15) is 17.0 Å². The molecule has 2 aromatic rings. The molecular formula is C21H27ClN2O. The number of nitrogens with two attached hydrogens (primary N) is 1. The topological polar surface area (TPSA) is 38.5 Å². The fourth-order valence-electron chi connectivity index (χ4n) is 3.51. The van der Waals surface area contributed by atoms with Crippen molar-refractivity contribution in [2.75, 3.05) is 26.2 Å². The quantitative estimate of drug-likeness (QED) is 0.764. The van der Waals surface area contributed by atoms with Crippen LogP contribution in [-0.4, -0.2) is 31.1 Å². The number of nitrogens with zero attached hydrogens (tertiary/aromatic N) is 1. The second kappa shape index (κ2) is 9.62. The van der Waals surface area contributed by atoms with E-state index in [9.17, 15) is 0 Å². The largest absolute Gasteiger partial charge is 0.490 e. The molecule has 0 aromatic heterocycles. The number of rotatable bonds is 7. The van der Waals surface area contributed by atoms with Crippen LogP contribution < -0.4 is 10.5 Å². The number of hydrogen-bond donors (Lipinski definition) is 1. The van der Waals surface area contributed by atoms with E-state index in [4.69, 9.17) is 10.5 Å². The standard InChI is InChI=1S/C21H26N2O.ClH/c1-2-12-24-20-10-8-17(9-11-20)14-23-15-19(13-22)21(16-23)18-6-4-3-5-7-18;/h2-11,19,21H,1,12-16,22H2;1H/t19-,21+;/m1./s1. The van der Waals surface area contributed by atoms with Gasteiger partial charge in [0.25, 0.3) is 0 Å². The van der Waals surface area contributed by atoms with Gasteiger partial charge in [0.2, 0.25) is 0 Å². The second-order valence-corrected chi connectivity index (χ2v) is 6.45.